The van der Waals surface area contributed by atoms with Gasteiger partial charge in [0.2, 0.25) is 0 Å². The van der Waals surface area contributed by atoms with E-state index in [4.69, 9.17) is 0 Å². The minimum atomic E-state index is 0.799. The molecular formula is C14H18BrN3. The lowest BCUT2D eigenvalue weighted by Gasteiger charge is -2.09. The van der Waals surface area contributed by atoms with E-state index in [-0.39, 0.29) is 0 Å². The lowest BCUT2D eigenvalue weighted by atomic mass is 10.2. The molecule has 2 rings (SSSR count). The van der Waals surface area contributed by atoms with Crippen molar-refractivity contribution in [3.63, 3.8) is 0 Å². The number of nitrogens with one attached hydrogen (secondary N) is 1. The molecule has 0 saturated heterocycles. The summed E-state index contributed by atoms with van der Waals surface area (Å²) >= 11 is 3.58. The van der Waals surface area contributed by atoms with E-state index >= 15 is 0 Å². The fraction of sp³-hybridized carbons (Fsp3) is 0.357. The highest BCUT2D eigenvalue weighted by molar-refractivity contribution is 9.10. The third-order valence-electron chi connectivity index (χ3n) is 3.24. The highest BCUT2D eigenvalue weighted by atomic mass is 79.9. The SMILES string of the molecule is Cc1ccc(NCc2c(C)nn(C)c2C)c(Br)c1. The predicted molar refractivity (Wildman–Crippen MR) is 78.9 cm³/mol. The van der Waals surface area contributed by atoms with Crippen LogP contribution in [0.15, 0.2) is 22.7 Å². The molecule has 0 atom stereocenters. The van der Waals surface area contributed by atoms with Gasteiger partial charge in [-0.15, -0.1) is 0 Å². The van der Waals surface area contributed by atoms with E-state index in [2.05, 4.69) is 58.4 Å². The molecular weight excluding hydrogens is 290 g/mol. The van der Waals surface area contributed by atoms with Crippen LogP contribution in [-0.2, 0) is 13.6 Å². The number of aromatic nitrogens is 2. The molecule has 1 heterocycles. The van der Waals surface area contributed by atoms with Gasteiger partial charge >= 0.3 is 0 Å². The summed E-state index contributed by atoms with van der Waals surface area (Å²) < 4.78 is 3.03. The van der Waals surface area contributed by atoms with Crippen molar-refractivity contribution in [1.29, 1.82) is 0 Å². The summed E-state index contributed by atoms with van der Waals surface area (Å²) in [5.41, 5.74) is 5.93. The van der Waals surface area contributed by atoms with Gasteiger partial charge in [0.25, 0.3) is 0 Å². The number of nitrogens with zero attached hydrogens (tertiary/aromatic N) is 2. The quantitative estimate of drug-likeness (QED) is 0.936. The smallest absolute Gasteiger partial charge is 0.0646 e. The molecule has 2 aromatic rings. The second kappa shape index (κ2) is 5.14. The summed E-state index contributed by atoms with van der Waals surface area (Å²) in [6, 6.07) is 6.32. The second-order valence-corrected chi connectivity index (χ2v) is 5.46. The molecule has 0 bridgehead atoms. The van der Waals surface area contributed by atoms with Crippen LogP contribution in [0.2, 0.25) is 0 Å². The summed E-state index contributed by atoms with van der Waals surface area (Å²) in [5, 5.41) is 7.88. The Balaban J connectivity index is 2.16. The molecule has 96 valence electrons. The van der Waals surface area contributed by atoms with Crippen molar-refractivity contribution in [1.82, 2.24) is 9.78 Å². The topological polar surface area (TPSA) is 29.9 Å². The highest BCUT2D eigenvalue weighted by Crippen LogP contribution is 2.24. The highest BCUT2D eigenvalue weighted by Gasteiger charge is 2.09. The zero-order valence-corrected chi connectivity index (χ0v) is 12.8. The molecule has 0 aliphatic heterocycles. The Kier molecular flexibility index (Phi) is 3.76. The molecule has 0 aliphatic rings. The zero-order valence-electron chi connectivity index (χ0n) is 11.2. The number of hydrogen-bond donors (Lipinski definition) is 1. The predicted octanol–water partition coefficient (Wildman–Crippen LogP) is 3.72. The lowest BCUT2D eigenvalue weighted by Crippen LogP contribution is -2.03. The molecule has 3 nitrogen and oxygen atoms in total. The van der Waals surface area contributed by atoms with E-state index in [1.54, 1.807) is 0 Å². The summed E-state index contributed by atoms with van der Waals surface area (Å²) in [6.07, 6.45) is 0. The molecule has 0 aliphatic carbocycles. The van der Waals surface area contributed by atoms with Gasteiger partial charge in [-0.25, -0.2) is 0 Å². The van der Waals surface area contributed by atoms with Gasteiger partial charge in [0.05, 0.1) is 5.69 Å². The van der Waals surface area contributed by atoms with Gasteiger partial charge in [0.1, 0.15) is 0 Å². The molecule has 0 radical (unpaired) electrons. The Labute approximate surface area is 116 Å². The lowest BCUT2D eigenvalue weighted by molar-refractivity contribution is 0.730. The number of hydrogen-bond acceptors (Lipinski definition) is 2. The van der Waals surface area contributed by atoms with Crippen molar-refractivity contribution in [2.75, 3.05) is 5.32 Å². The normalized spacial score (nSPS) is 10.7. The van der Waals surface area contributed by atoms with Gasteiger partial charge in [-0.3, -0.25) is 4.68 Å². The largest absolute Gasteiger partial charge is 0.380 e. The van der Waals surface area contributed by atoms with Crippen LogP contribution in [0.3, 0.4) is 0 Å². The van der Waals surface area contributed by atoms with Gasteiger partial charge in [-0.1, -0.05) is 6.07 Å². The van der Waals surface area contributed by atoms with Crippen LogP contribution in [0.1, 0.15) is 22.5 Å². The van der Waals surface area contributed by atoms with Gasteiger partial charge in [-0.05, 0) is 54.4 Å². The summed E-state index contributed by atoms with van der Waals surface area (Å²) in [7, 11) is 1.98. The Hall–Kier alpha value is -1.29. The molecule has 0 spiro atoms. The second-order valence-electron chi connectivity index (χ2n) is 4.61. The van der Waals surface area contributed by atoms with Crippen molar-refractivity contribution >= 4 is 21.6 Å². The van der Waals surface area contributed by atoms with Gasteiger partial charge < -0.3 is 5.32 Å². The fourth-order valence-corrected chi connectivity index (χ4v) is 2.65. The van der Waals surface area contributed by atoms with Crippen LogP contribution in [0.25, 0.3) is 0 Å². The number of anilines is 1. The van der Waals surface area contributed by atoms with E-state index in [0.717, 1.165) is 22.4 Å². The first-order valence-corrected chi connectivity index (χ1v) is 6.77. The minimum Gasteiger partial charge on any atom is -0.380 e. The molecule has 1 aromatic heterocycles. The molecule has 1 aromatic carbocycles. The Morgan fingerprint density at radius 3 is 2.56 bits per heavy atom. The first kappa shape index (κ1) is 13.1. The molecule has 0 amide bonds. The maximum Gasteiger partial charge on any atom is 0.0646 e. The molecule has 0 unspecified atom stereocenters. The van der Waals surface area contributed by atoms with Crippen LogP contribution in [0.5, 0.6) is 0 Å². The number of benzene rings is 1. The van der Waals surface area contributed by atoms with E-state index in [1.807, 2.05) is 18.7 Å². The van der Waals surface area contributed by atoms with E-state index < -0.39 is 0 Å². The van der Waals surface area contributed by atoms with E-state index in [0.29, 0.717) is 0 Å². The maximum atomic E-state index is 4.42. The van der Waals surface area contributed by atoms with Crippen LogP contribution in [0.4, 0.5) is 5.69 Å². The molecule has 4 heteroatoms. The third kappa shape index (κ3) is 2.58. The van der Waals surface area contributed by atoms with Gasteiger partial charge in [0.15, 0.2) is 0 Å². The average Bonchev–Trinajstić information content (AvgIpc) is 2.53. The monoisotopic (exact) mass is 307 g/mol. The summed E-state index contributed by atoms with van der Waals surface area (Å²) in [4.78, 5) is 0. The zero-order chi connectivity index (χ0) is 13.3. The first-order valence-electron chi connectivity index (χ1n) is 5.98. The Bertz CT molecular complexity index is 573. The van der Waals surface area contributed by atoms with Crippen LogP contribution >= 0.6 is 15.9 Å². The molecule has 0 fully saturated rings. The summed E-state index contributed by atoms with van der Waals surface area (Å²) in [6.45, 7) is 7.03. The summed E-state index contributed by atoms with van der Waals surface area (Å²) in [5.74, 6) is 0. The average molecular weight is 308 g/mol. The standard InChI is InChI=1S/C14H18BrN3/c1-9-5-6-14(13(15)7-9)16-8-12-10(2)17-18(4)11(12)3/h5-7,16H,8H2,1-4H3. The number of rotatable bonds is 3. The Morgan fingerprint density at radius 2 is 2.00 bits per heavy atom. The molecule has 1 N–H and O–H groups in total. The van der Waals surface area contributed by atoms with Crippen molar-refractivity contribution in [3.8, 4) is 0 Å². The first-order chi connectivity index (χ1) is 8.49. The van der Waals surface area contributed by atoms with Crippen LogP contribution in [0, 0.1) is 20.8 Å². The molecule has 18 heavy (non-hydrogen) atoms. The van der Waals surface area contributed by atoms with Crippen molar-refractivity contribution in [2.24, 2.45) is 7.05 Å². The minimum absolute atomic E-state index is 0.799. The van der Waals surface area contributed by atoms with Gasteiger partial charge in [0, 0.05) is 35.0 Å². The fourth-order valence-electron chi connectivity index (χ4n) is 2.02. The maximum absolute atomic E-state index is 4.42. The van der Waals surface area contributed by atoms with Crippen LogP contribution < -0.4 is 5.32 Å². The number of aryl methyl sites for hydroxylation is 3. The van der Waals surface area contributed by atoms with E-state index in [9.17, 15) is 0 Å². The van der Waals surface area contributed by atoms with Crippen LogP contribution in [-0.4, -0.2) is 9.78 Å². The van der Waals surface area contributed by atoms with Crippen molar-refractivity contribution < 1.29 is 0 Å². The van der Waals surface area contributed by atoms with Gasteiger partial charge in [-0.2, -0.15) is 5.10 Å². The Morgan fingerprint density at radius 1 is 1.28 bits per heavy atom. The number of halogens is 1. The van der Waals surface area contributed by atoms with Crippen molar-refractivity contribution in [2.45, 2.75) is 27.3 Å². The van der Waals surface area contributed by atoms with E-state index in [1.165, 1.54) is 16.8 Å². The molecule has 0 saturated carbocycles. The third-order valence-corrected chi connectivity index (χ3v) is 3.90. The van der Waals surface area contributed by atoms with Crippen molar-refractivity contribution in [3.05, 3.63) is 45.2 Å².